The van der Waals surface area contributed by atoms with Crippen molar-refractivity contribution in [3.63, 3.8) is 0 Å². The van der Waals surface area contributed by atoms with Crippen LogP contribution in [0.5, 0.6) is 0 Å². The monoisotopic (exact) mass is 354 g/mol. The number of hydrogen-bond acceptors (Lipinski definition) is 4. The molecule has 0 aromatic heterocycles. The van der Waals surface area contributed by atoms with Gasteiger partial charge in [-0.2, -0.15) is 0 Å². The number of carbonyl (C=O) groups excluding carboxylic acids is 1. The molecule has 1 aliphatic rings. The Morgan fingerprint density at radius 1 is 1.33 bits per heavy atom. The highest BCUT2D eigenvalue weighted by Gasteiger charge is 2.37. The van der Waals surface area contributed by atoms with Crippen molar-refractivity contribution in [2.45, 2.75) is 39.0 Å². The predicted molar refractivity (Wildman–Crippen MR) is 91.1 cm³/mol. The van der Waals surface area contributed by atoms with Gasteiger partial charge in [0, 0.05) is 31.2 Å². The third-order valence-electron chi connectivity index (χ3n) is 3.67. The van der Waals surface area contributed by atoms with Crippen molar-refractivity contribution < 1.29 is 19.4 Å². The van der Waals surface area contributed by atoms with Crippen molar-refractivity contribution >= 4 is 23.7 Å². The van der Waals surface area contributed by atoms with Crippen LogP contribution in [0.15, 0.2) is 24.3 Å². The number of benzene rings is 1. The molecule has 0 saturated carbocycles. The molecule has 1 amide bonds. The van der Waals surface area contributed by atoms with Crippen LogP contribution >= 0.6 is 11.6 Å². The number of amides is 1. The van der Waals surface area contributed by atoms with E-state index < -0.39 is 23.7 Å². The Balaban J connectivity index is 2.05. The lowest BCUT2D eigenvalue weighted by Gasteiger charge is -2.39. The lowest BCUT2D eigenvalue weighted by molar-refractivity contribution is -0.145. The van der Waals surface area contributed by atoms with Gasteiger partial charge in [0.2, 0.25) is 0 Å². The molecule has 0 unspecified atom stereocenters. The molecule has 2 rings (SSSR count). The first kappa shape index (κ1) is 18.5. The topological polar surface area (TPSA) is 70.1 Å². The van der Waals surface area contributed by atoms with Gasteiger partial charge in [-0.15, -0.1) is 0 Å². The summed E-state index contributed by atoms with van der Waals surface area (Å²) in [5, 5.41) is 10.1. The van der Waals surface area contributed by atoms with Crippen LogP contribution in [-0.2, 0) is 16.1 Å². The minimum absolute atomic E-state index is 0.251. The van der Waals surface area contributed by atoms with Crippen LogP contribution < -0.4 is 0 Å². The van der Waals surface area contributed by atoms with E-state index in [0.717, 1.165) is 5.56 Å². The Kier molecular flexibility index (Phi) is 5.72. The number of carboxylic acids is 1. The van der Waals surface area contributed by atoms with E-state index >= 15 is 0 Å². The van der Waals surface area contributed by atoms with Gasteiger partial charge in [-0.3, -0.25) is 9.80 Å². The summed E-state index contributed by atoms with van der Waals surface area (Å²) in [6.07, 6.45) is -0.586. The van der Waals surface area contributed by atoms with Crippen LogP contribution in [0.1, 0.15) is 26.3 Å². The maximum atomic E-state index is 12.2. The van der Waals surface area contributed by atoms with Gasteiger partial charge in [0.25, 0.3) is 0 Å². The third-order valence-corrected chi connectivity index (χ3v) is 3.91. The van der Waals surface area contributed by atoms with Gasteiger partial charge in [-0.25, -0.2) is 9.59 Å². The summed E-state index contributed by atoms with van der Waals surface area (Å²) in [4.78, 5) is 27.1. The van der Waals surface area contributed by atoms with Crippen molar-refractivity contribution in [2.24, 2.45) is 0 Å². The summed E-state index contributed by atoms with van der Waals surface area (Å²) in [6, 6.07) is 6.54. The van der Waals surface area contributed by atoms with E-state index in [0.29, 0.717) is 24.7 Å². The van der Waals surface area contributed by atoms with E-state index in [1.807, 2.05) is 23.1 Å². The van der Waals surface area contributed by atoms with E-state index in [4.69, 9.17) is 16.3 Å². The van der Waals surface area contributed by atoms with Gasteiger partial charge in [-0.1, -0.05) is 23.7 Å². The van der Waals surface area contributed by atoms with Crippen LogP contribution in [0.25, 0.3) is 0 Å². The van der Waals surface area contributed by atoms with E-state index in [2.05, 4.69) is 0 Å². The number of halogens is 1. The summed E-state index contributed by atoms with van der Waals surface area (Å²) in [6.45, 7) is 7.01. The third kappa shape index (κ3) is 5.11. The molecule has 7 heteroatoms. The average molecular weight is 355 g/mol. The molecule has 24 heavy (non-hydrogen) atoms. The van der Waals surface area contributed by atoms with Crippen LogP contribution in [0.4, 0.5) is 4.79 Å². The van der Waals surface area contributed by atoms with Gasteiger partial charge in [-0.05, 0) is 38.5 Å². The minimum Gasteiger partial charge on any atom is -0.480 e. The van der Waals surface area contributed by atoms with E-state index in [1.54, 1.807) is 26.8 Å². The summed E-state index contributed by atoms with van der Waals surface area (Å²) in [5.74, 6) is -1.03. The largest absolute Gasteiger partial charge is 0.480 e. The second kappa shape index (κ2) is 7.40. The Hall–Kier alpha value is -1.79. The zero-order valence-corrected chi connectivity index (χ0v) is 14.9. The lowest BCUT2D eigenvalue weighted by Crippen LogP contribution is -2.58. The Morgan fingerprint density at radius 3 is 2.62 bits per heavy atom. The maximum Gasteiger partial charge on any atom is 0.411 e. The summed E-state index contributed by atoms with van der Waals surface area (Å²) in [7, 11) is 0. The van der Waals surface area contributed by atoms with Crippen LogP contribution in [-0.4, -0.2) is 58.2 Å². The van der Waals surface area contributed by atoms with Crippen LogP contribution in [0.2, 0.25) is 5.02 Å². The lowest BCUT2D eigenvalue weighted by atomic mass is 10.1. The zero-order chi connectivity index (χ0) is 17.9. The molecule has 1 aromatic carbocycles. The summed E-state index contributed by atoms with van der Waals surface area (Å²) >= 11 is 5.99. The van der Waals surface area contributed by atoms with E-state index in [1.165, 1.54) is 4.90 Å². The standard InChI is InChI=1S/C17H23ClN2O4/c1-17(2,3)24-16(23)20-8-7-19(11-14(20)15(21)22)10-12-5-4-6-13(18)9-12/h4-6,9,14H,7-8,10-11H2,1-3H3,(H,21,22)/t14-/m0/s1. The molecule has 6 nitrogen and oxygen atoms in total. The van der Waals surface area contributed by atoms with Crippen LogP contribution in [0.3, 0.4) is 0 Å². The fraction of sp³-hybridized carbons (Fsp3) is 0.529. The number of nitrogens with zero attached hydrogens (tertiary/aromatic N) is 2. The fourth-order valence-electron chi connectivity index (χ4n) is 2.63. The molecule has 1 heterocycles. The molecule has 1 aliphatic heterocycles. The normalized spacial score (nSPS) is 19.2. The van der Waals surface area contributed by atoms with Gasteiger partial charge < -0.3 is 9.84 Å². The molecule has 1 saturated heterocycles. The molecular formula is C17H23ClN2O4. The minimum atomic E-state index is -1.03. The second-order valence-corrected chi connectivity index (χ2v) is 7.33. The molecule has 1 N–H and O–H groups in total. The number of carbonyl (C=O) groups is 2. The van der Waals surface area contributed by atoms with Crippen molar-refractivity contribution in [1.29, 1.82) is 0 Å². The SMILES string of the molecule is CC(C)(C)OC(=O)N1CCN(Cc2cccc(Cl)c2)C[C@H]1C(=O)O. The highest BCUT2D eigenvalue weighted by Crippen LogP contribution is 2.19. The van der Waals surface area contributed by atoms with Gasteiger partial charge >= 0.3 is 12.1 Å². The number of aliphatic carboxylic acids is 1. The molecule has 0 aliphatic carbocycles. The Bertz CT molecular complexity index is 615. The average Bonchev–Trinajstić information content (AvgIpc) is 2.45. The van der Waals surface area contributed by atoms with Crippen molar-refractivity contribution in [1.82, 2.24) is 9.80 Å². The van der Waals surface area contributed by atoms with Gasteiger partial charge in [0.05, 0.1) is 0 Å². The second-order valence-electron chi connectivity index (χ2n) is 6.89. The van der Waals surface area contributed by atoms with Crippen molar-refractivity contribution in [3.8, 4) is 0 Å². The summed E-state index contributed by atoms with van der Waals surface area (Å²) < 4.78 is 5.31. The smallest absolute Gasteiger partial charge is 0.411 e. The Morgan fingerprint density at radius 2 is 2.04 bits per heavy atom. The number of rotatable bonds is 3. The zero-order valence-electron chi connectivity index (χ0n) is 14.2. The van der Waals surface area contributed by atoms with E-state index in [-0.39, 0.29) is 6.54 Å². The quantitative estimate of drug-likeness (QED) is 0.903. The molecular weight excluding hydrogens is 332 g/mol. The van der Waals surface area contributed by atoms with Gasteiger partial charge in [0.15, 0.2) is 0 Å². The Labute approximate surface area is 146 Å². The first-order chi connectivity index (χ1) is 11.2. The molecule has 0 radical (unpaired) electrons. The highest BCUT2D eigenvalue weighted by atomic mass is 35.5. The number of piperazine rings is 1. The number of ether oxygens (including phenoxy) is 1. The first-order valence-corrected chi connectivity index (χ1v) is 8.23. The molecule has 1 aromatic rings. The fourth-order valence-corrected chi connectivity index (χ4v) is 2.84. The number of carboxylic acid groups (broad SMARTS) is 1. The molecule has 1 atom stereocenters. The van der Waals surface area contributed by atoms with Crippen molar-refractivity contribution in [3.05, 3.63) is 34.9 Å². The first-order valence-electron chi connectivity index (χ1n) is 7.85. The molecule has 0 bridgehead atoms. The molecule has 132 valence electrons. The summed E-state index contributed by atoms with van der Waals surface area (Å²) in [5.41, 5.74) is 0.357. The maximum absolute atomic E-state index is 12.2. The van der Waals surface area contributed by atoms with E-state index in [9.17, 15) is 14.7 Å². The van der Waals surface area contributed by atoms with Gasteiger partial charge in [0.1, 0.15) is 11.6 Å². The highest BCUT2D eigenvalue weighted by molar-refractivity contribution is 6.30. The predicted octanol–water partition coefficient (Wildman–Crippen LogP) is 2.85. The number of hydrogen-bond donors (Lipinski definition) is 1. The molecule has 0 spiro atoms. The van der Waals surface area contributed by atoms with Crippen molar-refractivity contribution in [2.75, 3.05) is 19.6 Å². The van der Waals surface area contributed by atoms with Crippen LogP contribution in [0, 0.1) is 0 Å². The molecule has 1 fully saturated rings.